The monoisotopic (exact) mass is 319 g/mol. The van der Waals surface area contributed by atoms with Crippen molar-refractivity contribution in [2.24, 2.45) is 0 Å². The van der Waals surface area contributed by atoms with E-state index in [0.717, 1.165) is 0 Å². The van der Waals surface area contributed by atoms with E-state index in [0.29, 0.717) is 5.56 Å². The minimum atomic E-state index is -0.990. The van der Waals surface area contributed by atoms with Gasteiger partial charge in [0.2, 0.25) is 0 Å². The van der Waals surface area contributed by atoms with E-state index in [1.807, 2.05) is 0 Å². The number of carbonyl (C=O) groups is 3. The lowest BCUT2D eigenvalue weighted by Crippen LogP contribution is -1.97. The molecule has 2 aromatic rings. The lowest BCUT2D eigenvalue weighted by atomic mass is 10.2. The Balaban J connectivity index is 0.000000332. The number of benzene rings is 1. The number of aliphatic carboxylic acids is 1. The Morgan fingerprint density at radius 1 is 0.870 bits per heavy atom. The van der Waals surface area contributed by atoms with Crippen molar-refractivity contribution in [1.29, 1.82) is 0 Å². The zero-order valence-electron chi connectivity index (χ0n) is 12.4. The van der Waals surface area contributed by atoms with Gasteiger partial charge < -0.3 is 15.3 Å². The third kappa shape index (κ3) is 10.2. The Morgan fingerprint density at radius 3 is 1.65 bits per heavy atom. The zero-order valence-corrected chi connectivity index (χ0v) is 12.4. The Labute approximate surface area is 132 Å². The Hall–Kier alpha value is -3.22. The maximum absolute atomic E-state index is 10.2. The molecule has 1 heterocycles. The Morgan fingerprint density at radius 2 is 1.39 bits per heavy atom. The quantitative estimate of drug-likeness (QED) is 0.794. The number of pyridine rings is 1. The van der Waals surface area contributed by atoms with Gasteiger partial charge in [-0.2, -0.15) is 0 Å². The third-order valence-electron chi connectivity index (χ3n) is 2.21. The van der Waals surface area contributed by atoms with Crippen LogP contribution >= 0.6 is 0 Å². The summed E-state index contributed by atoms with van der Waals surface area (Å²) in [5.74, 6) is -2.61. The molecule has 1 aromatic heterocycles. The van der Waals surface area contributed by atoms with Gasteiger partial charge in [-0.25, -0.2) is 14.6 Å². The lowest BCUT2D eigenvalue weighted by molar-refractivity contribution is -0.136. The van der Waals surface area contributed by atoms with E-state index in [1.54, 1.807) is 49.4 Å². The van der Waals surface area contributed by atoms with Crippen LogP contribution in [0.4, 0.5) is 0 Å². The van der Waals surface area contributed by atoms with Gasteiger partial charge in [0.05, 0.1) is 5.56 Å². The molecule has 0 atom stereocenters. The number of aromatic carboxylic acids is 2. The predicted octanol–water partition coefficient (Wildman–Crippen LogP) is 2.65. The number of carboxylic acid groups (broad SMARTS) is 3. The highest BCUT2D eigenvalue weighted by atomic mass is 16.4. The molecule has 0 bridgehead atoms. The van der Waals surface area contributed by atoms with Crippen molar-refractivity contribution in [1.82, 2.24) is 4.98 Å². The molecule has 0 radical (unpaired) electrons. The number of hydrogen-bond acceptors (Lipinski definition) is 4. The van der Waals surface area contributed by atoms with Crippen LogP contribution < -0.4 is 0 Å². The van der Waals surface area contributed by atoms with E-state index in [2.05, 4.69) is 4.98 Å². The van der Waals surface area contributed by atoms with Crippen LogP contribution in [0.5, 0.6) is 0 Å². The van der Waals surface area contributed by atoms with Crippen molar-refractivity contribution in [3.05, 3.63) is 66.0 Å². The average molecular weight is 319 g/mol. The molecule has 122 valence electrons. The van der Waals surface area contributed by atoms with Gasteiger partial charge in [-0.05, 0) is 24.3 Å². The molecule has 7 nitrogen and oxygen atoms in total. The highest BCUT2D eigenvalue weighted by Gasteiger charge is 1.99. The van der Waals surface area contributed by atoms with Crippen LogP contribution in [0.15, 0.2) is 54.7 Å². The molecule has 0 spiro atoms. The van der Waals surface area contributed by atoms with Gasteiger partial charge in [-0.3, -0.25) is 4.79 Å². The zero-order chi connectivity index (χ0) is 17.7. The molecule has 0 fully saturated rings. The first-order valence-electron chi connectivity index (χ1n) is 6.53. The highest BCUT2D eigenvalue weighted by molar-refractivity contribution is 5.87. The van der Waals surface area contributed by atoms with E-state index in [-0.39, 0.29) is 12.1 Å². The first-order chi connectivity index (χ1) is 10.9. The van der Waals surface area contributed by atoms with Gasteiger partial charge in [0.1, 0.15) is 5.69 Å². The fourth-order valence-corrected chi connectivity index (χ4v) is 1.07. The first kappa shape index (κ1) is 19.8. The van der Waals surface area contributed by atoms with Gasteiger partial charge in [-0.15, -0.1) is 0 Å². The normalized spacial score (nSPS) is 8.57. The topological polar surface area (TPSA) is 125 Å². The molecular weight excluding hydrogens is 302 g/mol. The summed E-state index contributed by atoms with van der Waals surface area (Å²) in [6.07, 6.45) is 1.67. The van der Waals surface area contributed by atoms with Crippen molar-refractivity contribution in [3.63, 3.8) is 0 Å². The van der Waals surface area contributed by atoms with Crippen LogP contribution in [0.3, 0.4) is 0 Å². The second-order valence-electron chi connectivity index (χ2n) is 3.94. The summed E-state index contributed by atoms with van der Waals surface area (Å²) in [6, 6.07) is 13.1. The summed E-state index contributed by atoms with van der Waals surface area (Å²) >= 11 is 0. The van der Waals surface area contributed by atoms with E-state index >= 15 is 0 Å². The van der Waals surface area contributed by atoms with E-state index < -0.39 is 17.9 Å². The summed E-state index contributed by atoms with van der Waals surface area (Å²) in [7, 11) is 0. The van der Waals surface area contributed by atoms with Crippen LogP contribution in [-0.2, 0) is 4.79 Å². The number of hydrogen-bond donors (Lipinski definition) is 3. The standard InChI is InChI=1S/C7H6O2.C6H5NO2.C3H6O2/c8-7(9)6-4-2-1-3-5-6;8-6(9)5-3-1-2-4-7-5;1-2-3(4)5/h1-5H,(H,8,9);1-4H,(H,8,9);2H2,1H3,(H,4,5). The molecule has 23 heavy (non-hydrogen) atoms. The fourth-order valence-electron chi connectivity index (χ4n) is 1.07. The summed E-state index contributed by atoms with van der Waals surface area (Å²) in [5, 5.41) is 24.4. The van der Waals surface area contributed by atoms with E-state index in [1.165, 1.54) is 12.3 Å². The minimum absolute atomic E-state index is 0.0810. The van der Waals surface area contributed by atoms with Crippen LogP contribution in [0.2, 0.25) is 0 Å². The van der Waals surface area contributed by atoms with Crippen molar-refractivity contribution in [2.75, 3.05) is 0 Å². The van der Waals surface area contributed by atoms with Crippen LogP contribution in [0.25, 0.3) is 0 Å². The largest absolute Gasteiger partial charge is 0.481 e. The molecule has 0 aliphatic rings. The number of aromatic nitrogens is 1. The number of carboxylic acids is 3. The molecule has 0 unspecified atom stereocenters. The average Bonchev–Trinajstić information content (AvgIpc) is 2.57. The molecule has 0 saturated carbocycles. The van der Waals surface area contributed by atoms with Crippen molar-refractivity contribution in [3.8, 4) is 0 Å². The van der Waals surface area contributed by atoms with E-state index in [4.69, 9.17) is 15.3 Å². The summed E-state index contributed by atoms with van der Waals surface area (Å²) in [6.45, 7) is 1.60. The van der Waals surface area contributed by atoms with Gasteiger partial charge >= 0.3 is 17.9 Å². The van der Waals surface area contributed by atoms with Crippen molar-refractivity contribution >= 4 is 17.9 Å². The molecule has 0 saturated heterocycles. The molecule has 1 aromatic carbocycles. The maximum Gasteiger partial charge on any atom is 0.354 e. The number of rotatable bonds is 3. The number of nitrogens with zero attached hydrogens (tertiary/aromatic N) is 1. The molecular formula is C16H17NO6. The Bertz CT molecular complexity index is 563. The van der Waals surface area contributed by atoms with Gasteiger partial charge in [0, 0.05) is 12.6 Å². The Kier molecular flexibility index (Phi) is 9.84. The van der Waals surface area contributed by atoms with Crippen LogP contribution in [-0.4, -0.2) is 38.2 Å². The first-order valence-corrected chi connectivity index (χ1v) is 6.53. The molecule has 0 aliphatic heterocycles. The van der Waals surface area contributed by atoms with Crippen LogP contribution in [0, 0.1) is 0 Å². The molecule has 7 heteroatoms. The summed E-state index contributed by atoms with van der Waals surface area (Å²) in [5.41, 5.74) is 0.412. The minimum Gasteiger partial charge on any atom is -0.481 e. The maximum atomic E-state index is 10.2. The van der Waals surface area contributed by atoms with Crippen molar-refractivity contribution in [2.45, 2.75) is 13.3 Å². The van der Waals surface area contributed by atoms with Gasteiger partial charge in [-0.1, -0.05) is 31.2 Å². The fraction of sp³-hybridized carbons (Fsp3) is 0.125. The molecule has 0 amide bonds. The van der Waals surface area contributed by atoms with Gasteiger partial charge in [0.25, 0.3) is 0 Å². The van der Waals surface area contributed by atoms with Gasteiger partial charge in [0.15, 0.2) is 0 Å². The molecule has 3 N–H and O–H groups in total. The van der Waals surface area contributed by atoms with Crippen LogP contribution in [0.1, 0.15) is 34.2 Å². The summed E-state index contributed by atoms with van der Waals surface area (Å²) < 4.78 is 0. The highest BCUT2D eigenvalue weighted by Crippen LogP contribution is 1.96. The molecule has 2 rings (SSSR count). The predicted molar refractivity (Wildman–Crippen MR) is 82.5 cm³/mol. The molecule has 0 aliphatic carbocycles. The van der Waals surface area contributed by atoms with E-state index in [9.17, 15) is 14.4 Å². The second kappa shape index (κ2) is 11.4. The van der Waals surface area contributed by atoms with Crippen molar-refractivity contribution < 1.29 is 29.7 Å². The lowest BCUT2D eigenvalue weighted by Gasteiger charge is -1.88. The third-order valence-corrected chi connectivity index (χ3v) is 2.21. The summed E-state index contributed by atoms with van der Waals surface area (Å²) in [4.78, 5) is 33.3. The smallest absolute Gasteiger partial charge is 0.354 e. The SMILES string of the molecule is CCC(=O)O.O=C(O)c1ccccc1.O=C(O)c1ccccn1. The second-order valence-corrected chi connectivity index (χ2v) is 3.94.